The van der Waals surface area contributed by atoms with Crippen LogP contribution >= 0.6 is 0 Å². The number of anilines is 1. The van der Waals surface area contributed by atoms with Crippen molar-refractivity contribution in [3.05, 3.63) is 96.1 Å². The topological polar surface area (TPSA) is 78.5 Å². The minimum absolute atomic E-state index is 0.178. The molecule has 0 saturated heterocycles. The van der Waals surface area contributed by atoms with Gasteiger partial charge in [-0.3, -0.25) is 9.52 Å². The minimum atomic E-state index is -3.65. The van der Waals surface area contributed by atoms with E-state index >= 15 is 0 Å². The average Bonchev–Trinajstić information content (AvgIpc) is 2.78. The molecule has 3 aromatic carbocycles. The van der Waals surface area contributed by atoms with Crippen LogP contribution in [0.4, 0.5) is 5.69 Å². The molecule has 6 nitrogen and oxygen atoms in total. The summed E-state index contributed by atoms with van der Waals surface area (Å²) >= 11 is 0. The number of nitrogens with one attached hydrogen (secondary N) is 2. The van der Waals surface area contributed by atoms with Crippen molar-refractivity contribution < 1.29 is 13.2 Å². The molecule has 0 atom stereocenters. The van der Waals surface area contributed by atoms with Crippen LogP contribution in [0.25, 0.3) is 0 Å². The lowest BCUT2D eigenvalue weighted by atomic mass is 10.2. The minimum Gasteiger partial charge on any atom is -0.352 e. The lowest BCUT2D eigenvalue weighted by Crippen LogP contribution is -2.28. The zero-order valence-corrected chi connectivity index (χ0v) is 18.3. The van der Waals surface area contributed by atoms with E-state index in [9.17, 15) is 13.2 Å². The second-order valence-electron chi connectivity index (χ2n) is 7.33. The molecule has 2 N–H and O–H groups in total. The standard InChI is InChI=1S/C24H27N3O3S/c1-27(19-20-9-4-2-5-10-20)18-8-17-25-24(28)21-13-15-22(16-14-21)26-31(29,30)23-11-6-3-7-12-23/h2-7,9-16,26H,8,17-19H2,1H3,(H,25,28). The number of nitrogens with zero attached hydrogens (tertiary/aromatic N) is 1. The SMILES string of the molecule is CN(CCCNC(=O)c1ccc(NS(=O)(=O)c2ccccc2)cc1)Cc1ccccc1. The maximum atomic E-state index is 12.4. The van der Waals surface area contributed by atoms with Gasteiger partial charge in [0.25, 0.3) is 15.9 Å². The van der Waals surface area contributed by atoms with Crippen LogP contribution in [0.2, 0.25) is 0 Å². The van der Waals surface area contributed by atoms with E-state index in [1.165, 1.54) is 17.7 Å². The largest absolute Gasteiger partial charge is 0.352 e. The monoisotopic (exact) mass is 437 g/mol. The Labute approximate surface area is 184 Å². The van der Waals surface area contributed by atoms with Crippen LogP contribution in [0.5, 0.6) is 0 Å². The molecule has 0 unspecified atom stereocenters. The van der Waals surface area contributed by atoms with E-state index in [-0.39, 0.29) is 10.8 Å². The summed E-state index contributed by atoms with van der Waals surface area (Å²) in [5.74, 6) is -0.178. The van der Waals surface area contributed by atoms with E-state index in [2.05, 4.69) is 34.1 Å². The van der Waals surface area contributed by atoms with Gasteiger partial charge in [-0.1, -0.05) is 48.5 Å². The number of carbonyl (C=O) groups excluding carboxylic acids is 1. The molecule has 0 fully saturated rings. The highest BCUT2D eigenvalue weighted by atomic mass is 32.2. The number of hydrogen-bond acceptors (Lipinski definition) is 4. The summed E-state index contributed by atoms with van der Waals surface area (Å²) in [7, 11) is -1.59. The Morgan fingerprint density at radius 3 is 2.13 bits per heavy atom. The van der Waals surface area contributed by atoms with Crippen LogP contribution in [0, 0.1) is 0 Å². The Morgan fingerprint density at radius 1 is 0.871 bits per heavy atom. The third-order valence-corrected chi connectivity index (χ3v) is 6.15. The lowest BCUT2D eigenvalue weighted by molar-refractivity contribution is 0.0952. The first-order valence-electron chi connectivity index (χ1n) is 10.1. The molecule has 7 heteroatoms. The fourth-order valence-corrected chi connectivity index (χ4v) is 4.21. The van der Waals surface area contributed by atoms with E-state index in [4.69, 9.17) is 0 Å². The number of sulfonamides is 1. The van der Waals surface area contributed by atoms with Gasteiger partial charge in [0.05, 0.1) is 4.90 Å². The van der Waals surface area contributed by atoms with Gasteiger partial charge >= 0.3 is 0 Å². The number of amides is 1. The molecule has 31 heavy (non-hydrogen) atoms. The van der Waals surface area contributed by atoms with Crippen molar-refractivity contribution in [1.82, 2.24) is 10.2 Å². The van der Waals surface area contributed by atoms with Gasteiger partial charge in [0.2, 0.25) is 0 Å². The van der Waals surface area contributed by atoms with E-state index in [1.54, 1.807) is 42.5 Å². The first kappa shape index (κ1) is 22.5. The fourth-order valence-electron chi connectivity index (χ4n) is 3.13. The van der Waals surface area contributed by atoms with Crippen LogP contribution in [0.3, 0.4) is 0 Å². The predicted octanol–water partition coefficient (Wildman–Crippen LogP) is 3.74. The summed E-state index contributed by atoms with van der Waals surface area (Å²) in [6, 6.07) is 24.8. The molecule has 0 aromatic heterocycles. The third-order valence-electron chi connectivity index (χ3n) is 4.75. The van der Waals surface area contributed by atoms with Gasteiger partial charge in [-0.25, -0.2) is 8.42 Å². The molecule has 1 amide bonds. The van der Waals surface area contributed by atoms with Crippen molar-refractivity contribution in [2.45, 2.75) is 17.9 Å². The van der Waals surface area contributed by atoms with Crippen molar-refractivity contribution in [2.24, 2.45) is 0 Å². The first-order valence-corrected chi connectivity index (χ1v) is 11.6. The lowest BCUT2D eigenvalue weighted by Gasteiger charge is -2.16. The van der Waals surface area contributed by atoms with Crippen molar-refractivity contribution in [1.29, 1.82) is 0 Å². The molecule has 0 bridgehead atoms. The van der Waals surface area contributed by atoms with Gasteiger partial charge in [0.1, 0.15) is 0 Å². The molecular weight excluding hydrogens is 410 g/mol. The normalized spacial score (nSPS) is 11.3. The smallest absolute Gasteiger partial charge is 0.261 e. The molecule has 3 aromatic rings. The van der Waals surface area contributed by atoms with Crippen molar-refractivity contribution in [3.63, 3.8) is 0 Å². The van der Waals surface area contributed by atoms with Crippen LogP contribution < -0.4 is 10.0 Å². The number of carbonyl (C=O) groups is 1. The highest BCUT2D eigenvalue weighted by molar-refractivity contribution is 7.92. The van der Waals surface area contributed by atoms with Gasteiger partial charge in [-0.05, 0) is 62.0 Å². The Hall–Kier alpha value is -3.16. The molecule has 162 valence electrons. The summed E-state index contributed by atoms with van der Waals surface area (Å²) in [6.07, 6.45) is 0.837. The number of rotatable bonds is 10. The zero-order valence-electron chi connectivity index (χ0n) is 17.5. The second kappa shape index (κ2) is 10.7. The van der Waals surface area contributed by atoms with Crippen LogP contribution in [-0.4, -0.2) is 39.4 Å². The van der Waals surface area contributed by atoms with Crippen molar-refractivity contribution in [2.75, 3.05) is 24.9 Å². The second-order valence-corrected chi connectivity index (χ2v) is 9.01. The predicted molar refractivity (Wildman–Crippen MR) is 123 cm³/mol. The summed E-state index contributed by atoms with van der Waals surface area (Å²) < 4.78 is 27.3. The summed E-state index contributed by atoms with van der Waals surface area (Å²) in [6.45, 7) is 2.31. The molecule has 3 rings (SSSR count). The Kier molecular flexibility index (Phi) is 7.81. The average molecular weight is 438 g/mol. The van der Waals surface area contributed by atoms with Crippen LogP contribution in [0.15, 0.2) is 89.8 Å². The Balaban J connectivity index is 1.44. The number of hydrogen-bond donors (Lipinski definition) is 2. The van der Waals surface area contributed by atoms with Gasteiger partial charge in [0, 0.05) is 24.3 Å². The molecule has 0 spiro atoms. The van der Waals surface area contributed by atoms with Crippen LogP contribution in [0.1, 0.15) is 22.3 Å². The molecule has 0 aliphatic carbocycles. The molecular formula is C24H27N3O3S. The van der Waals surface area contributed by atoms with Crippen LogP contribution in [-0.2, 0) is 16.6 Å². The van der Waals surface area contributed by atoms with E-state index < -0.39 is 10.0 Å². The van der Waals surface area contributed by atoms with Crippen molar-refractivity contribution >= 4 is 21.6 Å². The number of benzene rings is 3. The van der Waals surface area contributed by atoms with Gasteiger partial charge in [0.15, 0.2) is 0 Å². The van der Waals surface area contributed by atoms with E-state index in [1.807, 2.05) is 18.2 Å². The van der Waals surface area contributed by atoms with E-state index in [0.717, 1.165) is 19.5 Å². The maximum absolute atomic E-state index is 12.4. The summed E-state index contributed by atoms with van der Waals surface area (Å²) in [5, 5.41) is 2.91. The van der Waals surface area contributed by atoms with Gasteiger partial charge in [-0.15, -0.1) is 0 Å². The Bertz CT molecular complexity index is 1070. The zero-order chi connectivity index (χ0) is 22.1. The summed E-state index contributed by atoms with van der Waals surface area (Å²) in [5.41, 5.74) is 2.15. The third kappa shape index (κ3) is 6.94. The van der Waals surface area contributed by atoms with Crippen molar-refractivity contribution in [3.8, 4) is 0 Å². The fraction of sp³-hybridized carbons (Fsp3) is 0.208. The molecule has 0 aliphatic heterocycles. The highest BCUT2D eigenvalue weighted by Crippen LogP contribution is 2.16. The maximum Gasteiger partial charge on any atom is 0.261 e. The molecule has 0 aliphatic rings. The van der Waals surface area contributed by atoms with Gasteiger partial charge < -0.3 is 10.2 Å². The summed E-state index contributed by atoms with van der Waals surface area (Å²) in [4.78, 5) is 14.7. The quantitative estimate of drug-likeness (QED) is 0.474. The first-order chi connectivity index (χ1) is 14.9. The molecule has 0 saturated carbocycles. The molecule has 0 radical (unpaired) electrons. The Morgan fingerprint density at radius 2 is 1.48 bits per heavy atom. The van der Waals surface area contributed by atoms with E-state index in [0.29, 0.717) is 17.8 Å². The highest BCUT2D eigenvalue weighted by Gasteiger charge is 2.14. The molecule has 0 heterocycles. The van der Waals surface area contributed by atoms with Gasteiger partial charge in [-0.2, -0.15) is 0 Å².